The SMILES string of the molecule is CCOc1ccc(NC(=O)c2scnc2C)cc1CO. The van der Waals surface area contributed by atoms with E-state index in [0.29, 0.717) is 34.2 Å². The predicted octanol–water partition coefficient (Wildman–Crippen LogP) is 2.59. The van der Waals surface area contributed by atoms with Gasteiger partial charge >= 0.3 is 0 Å². The van der Waals surface area contributed by atoms with Crippen molar-refractivity contribution in [2.75, 3.05) is 11.9 Å². The van der Waals surface area contributed by atoms with Crippen LogP contribution in [-0.4, -0.2) is 22.6 Å². The number of ether oxygens (including phenoxy) is 1. The van der Waals surface area contributed by atoms with E-state index >= 15 is 0 Å². The molecular formula is C14H16N2O3S. The molecule has 2 aromatic rings. The molecule has 1 heterocycles. The summed E-state index contributed by atoms with van der Waals surface area (Å²) >= 11 is 1.30. The highest BCUT2D eigenvalue weighted by Gasteiger charge is 2.13. The number of carbonyl (C=O) groups is 1. The van der Waals surface area contributed by atoms with Crippen LogP contribution in [0.5, 0.6) is 5.75 Å². The second kappa shape index (κ2) is 6.49. The molecule has 0 aliphatic carbocycles. The summed E-state index contributed by atoms with van der Waals surface area (Å²) in [4.78, 5) is 16.7. The molecule has 6 heteroatoms. The Balaban J connectivity index is 2.18. The van der Waals surface area contributed by atoms with Crippen molar-refractivity contribution in [3.8, 4) is 5.75 Å². The average molecular weight is 292 g/mol. The average Bonchev–Trinajstić information content (AvgIpc) is 2.87. The molecule has 0 bridgehead atoms. The maximum Gasteiger partial charge on any atom is 0.267 e. The van der Waals surface area contributed by atoms with E-state index in [1.807, 2.05) is 6.92 Å². The topological polar surface area (TPSA) is 71.5 Å². The Kier molecular flexibility index (Phi) is 4.70. The van der Waals surface area contributed by atoms with Crippen LogP contribution < -0.4 is 10.1 Å². The van der Waals surface area contributed by atoms with Crippen molar-refractivity contribution in [3.05, 3.63) is 39.8 Å². The number of aliphatic hydroxyl groups excluding tert-OH is 1. The van der Waals surface area contributed by atoms with E-state index in [2.05, 4.69) is 10.3 Å². The quantitative estimate of drug-likeness (QED) is 0.888. The Morgan fingerprint density at radius 3 is 2.90 bits per heavy atom. The molecule has 0 aliphatic rings. The fraction of sp³-hybridized carbons (Fsp3) is 0.286. The summed E-state index contributed by atoms with van der Waals surface area (Å²) in [5.41, 5.74) is 3.61. The number of thiazole rings is 1. The summed E-state index contributed by atoms with van der Waals surface area (Å²) < 4.78 is 5.40. The molecule has 0 atom stereocenters. The first-order valence-corrected chi connectivity index (χ1v) is 7.11. The van der Waals surface area contributed by atoms with Gasteiger partial charge in [-0.3, -0.25) is 4.79 Å². The van der Waals surface area contributed by atoms with Gasteiger partial charge in [-0.1, -0.05) is 0 Å². The van der Waals surface area contributed by atoms with Crippen LogP contribution in [-0.2, 0) is 6.61 Å². The Bertz CT molecular complexity index is 610. The summed E-state index contributed by atoms with van der Waals surface area (Å²) in [5.74, 6) is 0.431. The second-order valence-corrected chi connectivity index (χ2v) is 4.99. The lowest BCUT2D eigenvalue weighted by atomic mass is 10.2. The minimum atomic E-state index is -0.196. The molecule has 1 aromatic carbocycles. The number of amides is 1. The van der Waals surface area contributed by atoms with E-state index in [-0.39, 0.29) is 12.5 Å². The van der Waals surface area contributed by atoms with Gasteiger partial charge in [0.15, 0.2) is 0 Å². The fourth-order valence-corrected chi connectivity index (χ4v) is 2.48. The van der Waals surface area contributed by atoms with Crippen molar-refractivity contribution < 1.29 is 14.6 Å². The predicted molar refractivity (Wildman–Crippen MR) is 78.3 cm³/mol. The molecule has 1 aromatic heterocycles. The van der Waals surface area contributed by atoms with Crippen LogP contribution in [0.15, 0.2) is 23.7 Å². The van der Waals surface area contributed by atoms with Gasteiger partial charge in [0, 0.05) is 11.3 Å². The Morgan fingerprint density at radius 2 is 2.30 bits per heavy atom. The number of aliphatic hydroxyl groups is 1. The van der Waals surface area contributed by atoms with Crippen LogP contribution in [0.3, 0.4) is 0 Å². The molecule has 0 saturated carbocycles. The first-order valence-electron chi connectivity index (χ1n) is 6.23. The number of benzene rings is 1. The monoisotopic (exact) mass is 292 g/mol. The first kappa shape index (κ1) is 14.5. The Hall–Kier alpha value is -1.92. The van der Waals surface area contributed by atoms with Gasteiger partial charge in [-0.25, -0.2) is 4.98 Å². The van der Waals surface area contributed by atoms with Crippen molar-refractivity contribution in [2.24, 2.45) is 0 Å². The third-order valence-corrected chi connectivity index (χ3v) is 3.67. The number of aryl methyl sites for hydroxylation is 1. The summed E-state index contributed by atoms with van der Waals surface area (Å²) in [6.07, 6.45) is 0. The number of hydrogen-bond acceptors (Lipinski definition) is 5. The molecule has 1 amide bonds. The molecule has 0 unspecified atom stereocenters. The van der Waals surface area contributed by atoms with E-state index < -0.39 is 0 Å². The standard InChI is InChI=1S/C14H16N2O3S/c1-3-19-12-5-4-11(6-10(12)7-17)16-14(18)13-9(2)15-8-20-13/h4-6,8,17H,3,7H2,1-2H3,(H,16,18). The highest BCUT2D eigenvalue weighted by molar-refractivity contribution is 7.12. The second-order valence-electron chi connectivity index (χ2n) is 4.13. The lowest BCUT2D eigenvalue weighted by Crippen LogP contribution is -2.12. The number of nitrogens with zero attached hydrogens (tertiary/aromatic N) is 1. The van der Waals surface area contributed by atoms with E-state index in [9.17, 15) is 9.90 Å². The van der Waals surface area contributed by atoms with Crippen LogP contribution in [0.4, 0.5) is 5.69 Å². The van der Waals surface area contributed by atoms with E-state index in [1.54, 1.807) is 30.6 Å². The summed E-state index contributed by atoms with van der Waals surface area (Å²) in [5, 5.41) is 12.1. The third kappa shape index (κ3) is 3.15. The number of rotatable bonds is 5. The summed E-state index contributed by atoms with van der Waals surface area (Å²) in [6.45, 7) is 4.06. The van der Waals surface area contributed by atoms with E-state index in [1.165, 1.54) is 11.3 Å². The number of aromatic nitrogens is 1. The van der Waals surface area contributed by atoms with Gasteiger partial charge in [0.25, 0.3) is 5.91 Å². The molecule has 2 N–H and O–H groups in total. The minimum absolute atomic E-state index is 0.140. The van der Waals surface area contributed by atoms with Crippen molar-refractivity contribution >= 4 is 22.9 Å². The number of hydrogen-bond donors (Lipinski definition) is 2. The Labute approximate surface area is 121 Å². The highest BCUT2D eigenvalue weighted by atomic mass is 32.1. The van der Waals surface area contributed by atoms with Crippen LogP contribution in [0, 0.1) is 6.92 Å². The number of nitrogens with one attached hydrogen (secondary N) is 1. The molecule has 0 aliphatic heterocycles. The van der Waals surface area contributed by atoms with Crippen LogP contribution in [0.25, 0.3) is 0 Å². The molecule has 5 nitrogen and oxygen atoms in total. The zero-order valence-electron chi connectivity index (χ0n) is 11.3. The number of anilines is 1. The summed E-state index contributed by atoms with van der Waals surface area (Å²) in [7, 11) is 0. The van der Waals surface area contributed by atoms with Gasteiger partial charge in [-0.2, -0.15) is 0 Å². The molecule has 0 saturated heterocycles. The van der Waals surface area contributed by atoms with Crippen molar-refractivity contribution in [2.45, 2.75) is 20.5 Å². The highest BCUT2D eigenvalue weighted by Crippen LogP contribution is 2.24. The van der Waals surface area contributed by atoms with Crippen LogP contribution in [0.2, 0.25) is 0 Å². The maximum absolute atomic E-state index is 12.1. The molecule has 20 heavy (non-hydrogen) atoms. The molecule has 0 fully saturated rings. The molecule has 106 valence electrons. The largest absolute Gasteiger partial charge is 0.494 e. The maximum atomic E-state index is 12.1. The van der Waals surface area contributed by atoms with Crippen molar-refractivity contribution in [1.82, 2.24) is 4.98 Å². The van der Waals surface area contributed by atoms with Gasteiger partial charge < -0.3 is 15.2 Å². The van der Waals surface area contributed by atoms with E-state index in [0.717, 1.165) is 0 Å². The first-order chi connectivity index (χ1) is 9.65. The van der Waals surface area contributed by atoms with Crippen molar-refractivity contribution in [3.63, 3.8) is 0 Å². The number of carbonyl (C=O) groups excluding carboxylic acids is 1. The van der Waals surface area contributed by atoms with Crippen LogP contribution >= 0.6 is 11.3 Å². The lowest BCUT2D eigenvalue weighted by Gasteiger charge is -2.11. The molecule has 2 rings (SSSR count). The lowest BCUT2D eigenvalue weighted by molar-refractivity contribution is 0.102. The van der Waals surface area contributed by atoms with Crippen LogP contribution in [0.1, 0.15) is 27.9 Å². The minimum Gasteiger partial charge on any atom is -0.494 e. The zero-order valence-corrected chi connectivity index (χ0v) is 12.2. The van der Waals surface area contributed by atoms with Gasteiger partial charge in [0.2, 0.25) is 0 Å². The normalized spacial score (nSPS) is 10.3. The fourth-order valence-electron chi connectivity index (χ4n) is 1.78. The summed E-state index contributed by atoms with van der Waals surface area (Å²) in [6, 6.07) is 5.20. The molecule has 0 radical (unpaired) electrons. The molecule has 0 spiro atoms. The van der Waals surface area contributed by atoms with Gasteiger partial charge in [-0.05, 0) is 32.0 Å². The smallest absolute Gasteiger partial charge is 0.267 e. The van der Waals surface area contributed by atoms with Crippen molar-refractivity contribution in [1.29, 1.82) is 0 Å². The van der Waals surface area contributed by atoms with Gasteiger partial charge in [-0.15, -0.1) is 11.3 Å². The van der Waals surface area contributed by atoms with Gasteiger partial charge in [0.05, 0.1) is 24.4 Å². The van der Waals surface area contributed by atoms with E-state index in [4.69, 9.17) is 4.74 Å². The molecular weight excluding hydrogens is 276 g/mol. The third-order valence-electron chi connectivity index (χ3n) is 2.74. The van der Waals surface area contributed by atoms with Gasteiger partial charge in [0.1, 0.15) is 10.6 Å². The zero-order chi connectivity index (χ0) is 14.5. The Morgan fingerprint density at radius 1 is 1.50 bits per heavy atom.